The second-order valence-electron chi connectivity index (χ2n) is 5.28. The molecule has 5 nitrogen and oxygen atoms in total. The van der Waals surface area contributed by atoms with Gasteiger partial charge in [0.15, 0.2) is 0 Å². The first-order chi connectivity index (χ1) is 8.51. The molecule has 1 rings (SSSR count). The number of nitrogens with zero attached hydrogens (tertiary/aromatic N) is 1. The van der Waals surface area contributed by atoms with Crippen molar-refractivity contribution in [3.8, 4) is 0 Å². The minimum atomic E-state index is -0.851. The van der Waals surface area contributed by atoms with Crippen LogP contribution in [0.1, 0.15) is 33.1 Å². The molecule has 0 radical (unpaired) electrons. The first-order valence-corrected chi connectivity index (χ1v) is 6.75. The van der Waals surface area contributed by atoms with Gasteiger partial charge in [0.05, 0.1) is 6.10 Å². The lowest BCUT2D eigenvalue weighted by Gasteiger charge is -2.37. The number of aliphatic carboxylic acids is 1. The first kappa shape index (κ1) is 15.4. The molecule has 0 aliphatic carbocycles. The Bertz CT molecular complexity index is 265. The number of likely N-dealkylation sites (tertiary alicyclic amines) is 1. The molecule has 0 amide bonds. The minimum absolute atomic E-state index is 0.334. The van der Waals surface area contributed by atoms with Crippen LogP contribution in [0.2, 0.25) is 0 Å². The number of carbonyl (C=O) groups is 1. The van der Waals surface area contributed by atoms with Crippen LogP contribution in [0.5, 0.6) is 0 Å². The Morgan fingerprint density at radius 2 is 2.11 bits per heavy atom. The Hall–Kier alpha value is -0.650. The van der Waals surface area contributed by atoms with Gasteiger partial charge in [0, 0.05) is 26.7 Å². The summed E-state index contributed by atoms with van der Waals surface area (Å²) in [6, 6.07) is 0. The Morgan fingerprint density at radius 1 is 1.50 bits per heavy atom. The Balaban J connectivity index is 2.49. The van der Waals surface area contributed by atoms with Gasteiger partial charge in [-0.15, -0.1) is 0 Å². The predicted octanol–water partition coefficient (Wildman–Crippen LogP) is 0.940. The van der Waals surface area contributed by atoms with E-state index in [1.54, 1.807) is 14.0 Å². The summed E-state index contributed by atoms with van der Waals surface area (Å²) in [7, 11) is 1.74. The molecular formula is C13H26N2O3. The molecule has 18 heavy (non-hydrogen) atoms. The van der Waals surface area contributed by atoms with E-state index in [0.717, 1.165) is 38.9 Å². The van der Waals surface area contributed by atoms with Crippen LogP contribution in [0.4, 0.5) is 0 Å². The van der Waals surface area contributed by atoms with E-state index in [4.69, 9.17) is 4.74 Å². The van der Waals surface area contributed by atoms with Gasteiger partial charge in [-0.2, -0.15) is 0 Å². The predicted molar refractivity (Wildman–Crippen MR) is 70.8 cm³/mol. The fourth-order valence-electron chi connectivity index (χ4n) is 2.35. The standard InChI is InChI=1S/C13H26N2O3/c1-4-7-14-13(2,12(16)17)10-15-8-5-11(18-3)6-9-15/h11,14H,4-10H2,1-3H3,(H,16,17). The second kappa shape index (κ2) is 7.07. The highest BCUT2D eigenvalue weighted by Crippen LogP contribution is 2.16. The number of hydrogen-bond donors (Lipinski definition) is 2. The van der Waals surface area contributed by atoms with Gasteiger partial charge < -0.3 is 20.1 Å². The van der Waals surface area contributed by atoms with Crippen molar-refractivity contribution in [3.05, 3.63) is 0 Å². The minimum Gasteiger partial charge on any atom is -0.480 e. The lowest BCUT2D eigenvalue weighted by atomic mass is 9.99. The molecule has 0 spiro atoms. The topological polar surface area (TPSA) is 61.8 Å². The van der Waals surface area contributed by atoms with E-state index in [-0.39, 0.29) is 0 Å². The van der Waals surface area contributed by atoms with Crippen molar-refractivity contribution >= 4 is 5.97 Å². The molecule has 0 bridgehead atoms. The summed E-state index contributed by atoms with van der Waals surface area (Å²) < 4.78 is 5.32. The fourth-order valence-corrected chi connectivity index (χ4v) is 2.35. The highest BCUT2D eigenvalue weighted by Gasteiger charge is 2.35. The Morgan fingerprint density at radius 3 is 2.56 bits per heavy atom. The van der Waals surface area contributed by atoms with E-state index in [1.807, 2.05) is 6.92 Å². The first-order valence-electron chi connectivity index (χ1n) is 6.75. The molecule has 1 saturated heterocycles. The molecule has 1 aliphatic rings. The number of rotatable bonds is 7. The number of piperidine rings is 1. The number of ether oxygens (including phenoxy) is 1. The lowest BCUT2D eigenvalue weighted by molar-refractivity contribution is -0.145. The summed E-state index contributed by atoms with van der Waals surface area (Å²) in [6.07, 6.45) is 3.25. The summed E-state index contributed by atoms with van der Waals surface area (Å²) >= 11 is 0. The quantitative estimate of drug-likeness (QED) is 0.711. The maximum absolute atomic E-state index is 11.4. The molecule has 1 heterocycles. The zero-order chi connectivity index (χ0) is 13.6. The fraction of sp³-hybridized carbons (Fsp3) is 0.923. The summed E-state index contributed by atoms with van der Waals surface area (Å²) in [6.45, 7) is 6.92. The molecule has 1 unspecified atom stereocenters. The molecule has 0 saturated carbocycles. The van der Waals surface area contributed by atoms with Crippen molar-refractivity contribution in [2.24, 2.45) is 0 Å². The van der Waals surface area contributed by atoms with Crippen LogP contribution >= 0.6 is 0 Å². The van der Waals surface area contributed by atoms with Crippen molar-refractivity contribution in [1.29, 1.82) is 0 Å². The van der Waals surface area contributed by atoms with E-state index < -0.39 is 11.5 Å². The molecule has 0 aromatic carbocycles. The van der Waals surface area contributed by atoms with Gasteiger partial charge in [-0.3, -0.25) is 4.79 Å². The van der Waals surface area contributed by atoms with Gasteiger partial charge in [0.25, 0.3) is 0 Å². The molecule has 1 fully saturated rings. The highest BCUT2D eigenvalue weighted by molar-refractivity contribution is 5.78. The molecule has 2 N–H and O–H groups in total. The third-order valence-electron chi connectivity index (χ3n) is 3.64. The summed E-state index contributed by atoms with van der Waals surface area (Å²) in [5.74, 6) is -0.773. The van der Waals surface area contributed by atoms with Crippen molar-refractivity contribution in [2.75, 3.05) is 33.3 Å². The maximum atomic E-state index is 11.4. The third-order valence-corrected chi connectivity index (χ3v) is 3.64. The summed E-state index contributed by atoms with van der Waals surface area (Å²) in [5, 5.41) is 12.5. The van der Waals surface area contributed by atoms with E-state index in [2.05, 4.69) is 10.2 Å². The van der Waals surface area contributed by atoms with Crippen molar-refractivity contribution in [2.45, 2.75) is 44.8 Å². The van der Waals surface area contributed by atoms with Crippen molar-refractivity contribution in [1.82, 2.24) is 10.2 Å². The number of hydrogen-bond acceptors (Lipinski definition) is 4. The van der Waals surface area contributed by atoms with Crippen molar-refractivity contribution < 1.29 is 14.6 Å². The SMILES string of the molecule is CCCNC(C)(CN1CCC(OC)CC1)C(=O)O. The van der Waals surface area contributed by atoms with Gasteiger partial charge in [0.2, 0.25) is 0 Å². The summed E-state index contributed by atoms with van der Waals surface area (Å²) in [4.78, 5) is 13.6. The lowest BCUT2D eigenvalue weighted by Crippen LogP contribution is -2.58. The van der Waals surface area contributed by atoms with Gasteiger partial charge >= 0.3 is 5.97 Å². The number of carboxylic acid groups (broad SMARTS) is 1. The number of methoxy groups -OCH3 is 1. The van der Waals surface area contributed by atoms with E-state index in [0.29, 0.717) is 12.6 Å². The van der Waals surface area contributed by atoms with Gasteiger partial charge in [-0.1, -0.05) is 6.92 Å². The molecular weight excluding hydrogens is 232 g/mol. The third kappa shape index (κ3) is 4.23. The van der Waals surface area contributed by atoms with Crippen LogP contribution in [0.25, 0.3) is 0 Å². The molecule has 5 heteroatoms. The zero-order valence-corrected chi connectivity index (χ0v) is 11.7. The largest absolute Gasteiger partial charge is 0.480 e. The van der Waals surface area contributed by atoms with Crippen LogP contribution in [0, 0.1) is 0 Å². The van der Waals surface area contributed by atoms with E-state index in [9.17, 15) is 9.90 Å². The molecule has 0 aromatic heterocycles. The zero-order valence-electron chi connectivity index (χ0n) is 11.7. The summed E-state index contributed by atoms with van der Waals surface area (Å²) in [5.41, 5.74) is -0.851. The van der Waals surface area contributed by atoms with E-state index >= 15 is 0 Å². The van der Waals surface area contributed by atoms with Gasteiger partial charge in [0.1, 0.15) is 5.54 Å². The maximum Gasteiger partial charge on any atom is 0.324 e. The average molecular weight is 258 g/mol. The number of nitrogens with one attached hydrogen (secondary N) is 1. The molecule has 0 aromatic rings. The Kier molecular flexibility index (Phi) is 6.05. The number of carboxylic acids is 1. The highest BCUT2D eigenvalue weighted by atomic mass is 16.5. The second-order valence-corrected chi connectivity index (χ2v) is 5.28. The van der Waals surface area contributed by atoms with Gasteiger partial charge in [-0.25, -0.2) is 0 Å². The Labute approximate surface area is 109 Å². The monoisotopic (exact) mass is 258 g/mol. The van der Waals surface area contributed by atoms with Crippen LogP contribution in [0.15, 0.2) is 0 Å². The van der Waals surface area contributed by atoms with Crippen LogP contribution in [-0.4, -0.2) is 60.9 Å². The molecule has 106 valence electrons. The normalized spacial score (nSPS) is 21.7. The van der Waals surface area contributed by atoms with Crippen LogP contribution < -0.4 is 5.32 Å². The van der Waals surface area contributed by atoms with Crippen molar-refractivity contribution in [3.63, 3.8) is 0 Å². The van der Waals surface area contributed by atoms with Gasteiger partial charge in [-0.05, 0) is 32.7 Å². The molecule has 1 aliphatic heterocycles. The van der Waals surface area contributed by atoms with Crippen LogP contribution in [0.3, 0.4) is 0 Å². The van der Waals surface area contributed by atoms with E-state index in [1.165, 1.54) is 0 Å². The smallest absolute Gasteiger partial charge is 0.324 e. The van der Waals surface area contributed by atoms with Crippen LogP contribution in [-0.2, 0) is 9.53 Å². The molecule has 1 atom stereocenters. The average Bonchev–Trinajstić information content (AvgIpc) is 2.37.